The van der Waals surface area contributed by atoms with Gasteiger partial charge in [-0.2, -0.15) is 0 Å². The van der Waals surface area contributed by atoms with Gasteiger partial charge >= 0.3 is 0 Å². The number of fused-ring (bicyclic) bond motifs is 1. The average Bonchev–Trinajstić information content (AvgIpc) is 2.36. The van der Waals surface area contributed by atoms with Crippen LogP contribution in [0.15, 0.2) is 30.5 Å². The summed E-state index contributed by atoms with van der Waals surface area (Å²) in [5.41, 5.74) is 0.808. The number of aromatic amines is 1. The number of hydrogen-bond donors (Lipinski definition) is 3. The highest BCUT2D eigenvalue weighted by molar-refractivity contribution is 5.84. The molecule has 0 unspecified atom stereocenters. The SMILES string of the molecule is N.Oc1cccc2cc[nH]c12. The molecule has 0 radical (unpaired) electrons. The number of hydrogen-bond acceptors (Lipinski definition) is 2. The second kappa shape index (κ2) is 2.64. The van der Waals surface area contributed by atoms with Gasteiger partial charge in [0.2, 0.25) is 0 Å². The van der Waals surface area contributed by atoms with Gasteiger partial charge in [-0.25, -0.2) is 0 Å². The molecule has 11 heavy (non-hydrogen) atoms. The maximum atomic E-state index is 9.23. The number of benzene rings is 1. The van der Waals surface area contributed by atoms with E-state index in [9.17, 15) is 5.11 Å². The van der Waals surface area contributed by atoms with Gasteiger partial charge < -0.3 is 16.2 Å². The van der Waals surface area contributed by atoms with Crippen LogP contribution in [0.3, 0.4) is 0 Å². The summed E-state index contributed by atoms with van der Waals surface area (Å²) in [6.45, 7) is 0. The Hall–Kier alpha value is -1.48. The molecule has 1 heterocycles. The standard InChI is InChI=1S/C8H7NO.H3N/c10-7-3-1-2-6-4-5-9-8(6)7;/h1-5,9-10H;1H3. The minimum atomic E-state index is 0. The molecule has 1 aromatic heterocycles. The molecule has 2 rings (SSSR count). The number of para-hydroxylation sites is 1. The molecule has 3 nitrogen and oxygen atoms in total. The number of nitrogens with one attached hydrogen (secondary N) is 1. The molecule has 0 spiro atoms. The normalized spacial score (nSPS) is 9.45. The van der Waals surface area contributed by atoms with E-state index >= 15 is 0 Å². The van der Waals surface area contributed by atoms with Crippen molar-refractivity contribution in [2.75, 3.05) is 0 Å². The summed E-state index contributed by atoms with van der Waals surface area (Å²) in [6.07, 6.45) is 1.81. The average molecular weight is 150 g/mol. The lowest BCUT2D eigenvalue weighted by atomic mass is 10.2. The van der Waals surface area contributed by atoms with Crippen molar-refractivity contribution >= 4 is 10.9 Å². The molecule has 0 saturated heterocycles. The van der Waals surface area contributed by atoms with E-state index in [4.69, 9.17) is 0 Å². The molecule has 0 atom stereocenters. The number of rotatable bonds is 0. The molecule has 3 heteroatoms. The van der Waals surface area contributed by atoms with Gasteiger partial charge in [0.05, 0.1) is 5.52 Å². The Morgan fingerprint density at radius 1 is 1.18 bits per heavy atom. The van der Waals surface area contributed by atoms with Crippen LogP contribution in [0.4, 0.5) is 0 Å². The van der Waals surface area contributed by atoms with E-state index < -0.39 is 0 Å². The van der Waals surface area contributed by atoms with Crippen LogP contribution in [-0.4, -0.2) is 10.1 Å². The minimum absolute atomic E-state index is 0. The Labute approximate surface area is 64.3 Å². The Morgan fingerprint density at radius 3 is 2.73 bits per heavy atom. The first-order valence-corrected chi connectivity index (χ1v) is 3.13. The van der Waals surface area contributed by atoms with Gasteiger partial charge in [-0.05, 0) is 12.1 Å². The van der Waals surface area contributed by atoms with Crippen molar-refractivity contribution in [3.8, 4) is 5.75 Å². The molecule has 2 aromatic rings. The molecule has 0 amide bonds. The summed E-state index contributed by atoms with van der Waals surface area (Å²) in [4.78, 5) is 2.94. The predicted octanol–water partition coefficient (Wildman–Crippen LogP) is 2.04. The first-order chi connectivity index (χ1) is 4.88. The molecule has 1 aromatic carbocycles. The largest absolute Gasteiger partial charge is 0.506 e. The van der Waals surface area contributed by atoms with Crippen LogP contribution in [0.5, 0.6) is 5.75 Å². The topological polar surface area (TPSA) is 71.0 Å². The van der Waals surface area contributed by atoms with Crippen molar-refractivity contribution in [2.24, 2.45) is 0 Å². The summed E-state index contributed by atoms with van der Waals surface area (Å²) in [5.74, 6) is 0.308. The van der Waals surface area contributed by atoms with Crippen molar-refractivity contribution in [1.29, 1.82) is 0 Å². The van der Waals surface area contributed by atoms with Crippen LogP contribution in [0, 0.1) is 0 Å². The monoisotopic (exact) mass is 150 g/mol. The molecule has 0 fully saturated rings. The van der Waals surface area contributed by atoms with Gasteiger partial charge in [-0.15, -0.1) is 0 Å². The van der Waals surface area contributed by atoms with Crippen molar-refractivity contribution in [2.45, 2.75) is 0 Å². The Morgan fingerprint density at radius 2 is 2.00 bits per heavy atom. The number of aromatic nitrogens is 1. The summed E-state index contributed by atoms with van der Waals surface area (Å²) < 4.78 is 0. The number of H-pyrrole nitrogens is 1. The van der Waals surface area contributed by atoms with Gasteiger partial charge in [0.25, 0.3) is 0 Å². The second-order valence-electron chi connectivity index (χ2n) is 2.22. The molecule has 0 bridgehead atoms. The fourth-order valence-electron chi connectivity index (χ4n) is 1.07. The van der Waals surface area contributed by atoms with Gasteiger partial charge in [0, 0.05) is 11.6 Å². The molecular weight excluding hydrogens is 140 g/mol. The van der Waals surface area contributed by atoms with E-state index in [1.165, 1.54) is 0 Å². The lowest BCUT2D eigenvalue weighted by Gasteiger charge is -1.91. The molecule has 0 aliphatic carbocycles. The van der Waals surface area contributed by atoms with Crippen LogP contribution in [-0.2, 0) is 0 Å². The third-order valence-electron chi connectivity index (χ3n) is 1.57. The Kier molecular flexibility index (Phi) is 1.83. The van der Waals surface area contributed by atoms with E-state index in [1.807, 2.05) is 24.4 Å². The van der Waals surface area contributed by atoms with E-state index in [1.54, 1.807) is 6.07 Å². The second-order valence-corrected chi connectivity index (χ2v) is 2.22. The Balaban J connectivity index is 0.000000605. The molecule has 58 valence electrons. The number of aromatic hydroxyl groups is 1. The van der Waals surface area contributed by atoms with Gasteiger partial charge in [-0.3, -0.25) is 0 Å². The smallest absolute Gasteiger partial charge is 0.139 e. The van der Waals surface area contributed by atoms with Crippen LogP contribution in [0.25, 0.3) is 10.9 Å². The molecule has 0 aliphatic heterocycles. The van der Waals surface area contributed by atoms with E-state index in [-0.39, 0.29) is 6.15 Å². The van der Waals surface area contributed by atoms with Crippen LogP contribution in [0.2, 0.25) is 0 Å². The summed E-state index contributed by atoms with van der Waals surface area (Å²) in [6, 6.07) is 7.37. The Bertz CT molecular complexity index is 354. The molecule has 5 N–H and O–H groups in total. The first kappa shape index (κ1) is 7.63. The predicted molar refractivity (Wildman–Crippen MR) is 45.0 cm³/mol. The maximum Gasteiger partial charge on any atom is 0.139 e. The molecule has 0 saturated carbocycles. The van der Waals surface area contributed by atoms with Crippen LogP contribution in [0.1, 0.15) is 0 Å². The highest BCUT2D eigenvalue weighted by Gasteiger charge is 1.96. The quantitative estimate of drug-likeness (QED) is 0.537. The van der Waals surface area contributed by atoms with Gasteiger partial charge in [0.1, 0.15) is 5.75 Å². The third-order valence-corrected chi connectivity index (χ3v) is 1.57. The van der Waals surface area contributed by atoms with Crippen molar-refractivity contribution < 1.29 is 5.11 Å². The summed E-state index contributed by atoms with van der Waals surface area (Å²) in [7, 11) is 0. The lowest BCUT2D eigenvalue weighted by molar-refractivity contribution is 0.480. The number of phenols is 1. The fraction of sp³-hybridized carbons (Fsp3) is 0. The van der Waals surface area contributed by atoms with E-state index in [0.717, 1.165) is 10.9 Å². The first-order valence-electron chi connectivity index (χ1n) is 3.13. The lowest BCUT2D eigenvalue weighted by Crippen LogP contribution is -1.67. The van der Waals surface area contributed by atoms with Crippen LogP contribution < -0.4 is 6.15 Å². The van der Waals surface area contributed by atoms with Gasteiger partial charge in [0.15, 0.2) is 0 Å². The highest BCUT2D eigenvalue weighted by Crippen LogP contribution is 2.21. The fourth-order valence-corrected chi connectivity index (χ4v) is 1.07. The highest BCUT2D eigenvalue weighted by atomic mass is 16.3. The summed E-state index contributed by atoms with van der Waals surface area (Å²) in [5, 5.41) is 10.3. The molecule has 0 aliphatic rings. The van der Waals surface area contributed by atoms with Crippen LogP contribution >= 0.6 is 0 Å². The van der Waals surface area contributed by atoms with Gasteiger partial charge in [-0.1, -0.05) is 12.1 Å². The maximum absolute atomic E-state index is 9.23. The van der Waals surface area contributed by atoms with E-state index in [0.29, 0.717) is 5.75 Å². The third kappa shape index (κ3) is 1.06. The minimum Gasteiger partial charge on any atom is -0.506 e. The van der Waals surface area contributed by atoms with Crippen molar-refractivity contribution in [1.82, 2.24) is 11.1 Å². The zero-order valence-corrected chi connectivity index (χ0v) is 6.04. The molecular formula is C8H10N2O. The summed E-state index contributed by atoms with van der Waals surface area (Å²) >= 11 is 0. The van der Waals surface area contributed by atoms with E-state index in [2.05, 4.69) is 4.98 Å². The zero-order chi connectivity index (χ0) is 6.97. The number of phenolic OH excluding ortho intramolecular Hbond substituents is 1. The zero-order valence-electron chi connectivity index (χ0n) is 6.04. The van der Waals surface area contributed by atoms with Crippen molar-refractivity contribution in [3.63, 3.8) is 0 Å². The van der Waals surface area contributed by atoms with Crippen molar-refractivity contribution in [3.05, 3.63) is 30.5 Å².